The molecular formula is C23H24ClFN4O3. The Kier molecular flexibility index (Phi) is 6.60. The lowest BCUT2D eigenvalue weighted by molar-refractivity contribution is -0.133. The van der Waals surface area contributed by atoms with E-state index in [0.29, 0.717) is 41.2 Å². The SMILES string of the molecule is CCC(=O)N1CCC[C@@H](Oc2cc3c(Nc4cccc(Cl)c4F)ncnc3cc2OC)C1. The summed E-state index contributed by atoms with van der Waals surface area (Å²) < 4.78 is 26.2. The van der Waals surface area contributed by atoms with Crippen LogP contribution in [0.4, 0.5) is 15.9 Å². The summed E-state index contributed by atoms with van der Waals surface area (Å²) >= 11 is 5.90. The molecule has 0 spiro atoms. The monoisotopic (exact) mass is 458 g/mol. The van der Waals surface area contributed by atoms with Crippen LogP contribution in [0.5, 0.6) is 11.5 Å². The van der Waals surface area contributed by atoms with E-state index < -0.39 is 5.82 Å². The van der Waals surface area contributed by atoms with E-state index in [1.165, 1.54) is 12.4 Å². The lowest BCUT2D eigenvalue weighted by Crippen LogP contribution is -2.44. The molecule has 9 heteroatoms. The van der Waals surface area contributed by atoms with Gasteiger partial charge in [0.1, 0.15) is 18.2 Å². The number of likely N-dealkylation sites (tertiary alicyclic amines) is 1. The van der Waals surface area contributed by atoms with Gasteiger partial charge in [-0.3, -0.25) is 4.79 Å². The van der Waals surface area contributed by atoms with E-state index in [4.69, 9.17) is 21.1 Å². The van der Waals surface area contributed by atoms with Crippen molar-refractivity contribution >= 4 is 39.9 Å². The van der Waals surface area contributed by atoms with E-state index in [1.54, 1.807) is 31.4 Å². The third-order valence-electron chi connectivity index (χ3n) is 5.45. The van der Waals surface area contributed by atoms with Gasteiger partial charge in [-0.05, 0) is 31.0 Å². The van der Waals surface area contributed by atoms with Crippen molar-refractivity contribution in [2.75, 3.05) is 25.5 Å². The summed E-state index contributed by atoms with van der Waals surface area (Å²) in [6.07, 6.45) is 3.41. The van der Waals surface area contributed by atoms with E-state index in [9.17, 15) is 9.18 Å². The van der Waals surface area contributed by atoms with Crippen LogP contribution in [0.15, 0.2) is 36.7 Å². The summed E-state index contributed by atoms with van der Waals surface area (Å²) in [4.78, 5) is 22.5. The lowest BCUT2D eigenvalue weighted by atomic mass is 10.1. The number of aromatic nitrogens is 2. The molecule has 1 fully saturated rings. The molecule has 0 bridgehead atoms. The normalized spacial score (nSPS) is 16.1. The lowest BCUT2D eigenvalue weighted by Gasteiger charge is -2.33. The minimum Gasteiger partial charge on any atom is -0.493 e. The molecule has 0 unspecified atom stereocenters. The Morgan fingerprint density at radius 1 is 1.31 bits per heavy atom. The molecule has 3 aromatic rings. The summed E-state index contributed by atoms with van der Waals surface area (Å²) in [5.74, 6) is 1.01. The third-order valence-corrected chi connectivity index (χ3v) is 5.74. The maximum atomic E-state index is 14.4. The zero-order valence-electron chi connectivity index (χ0n) is 17.9. The van der Waals surface area contributed by atoms with Crippen molar-refractivity contribution < 1.29 is 18.7 Å². The molecule has 168 valence electrons. The number of anilines is 2. The van der Waals surface area contributed by atoms with Crippen molar-refractivity contribution in [3.05, 3.63) is 47.5 Å². The molecule has 1 N–H and O–H groups in total. The Hall–Kier alpha value is -3.13. The number of carbonyl (C=O) groups is 1. The summed E-state index contributed by atoms with van der Waals surface area (Å²) in [6, 6.07) is 8.25. The fourth-order valence-corrected chi connectivity index (χ4v) is 3.98. The van der Waals surface area contributed by atoms with E-state index in [-0.39, 0.29) is 22.7 Å². The summed E-state index contributed by atoms with van der Waals surface area (Å²) in [5, 5.41) is 3.65. The number of benzene rings is 2. The molecule has 0 aliphatic carbocycles. The van der Waals surface area contributed by atoms with Gasteiger partial charge in [0.25, 0.3) is 0 Å². The molecule has 1 atom stereocenters. The van der Waals surface area contributed by atoms with Gasteiger partial charge in [0.05, 0.1) is 29.9 Å². The maximum absolute atomic E-state index is 14.4. The van der Waals surface area contributed by atoms with E-state index in [2.05, 4.69) is 15.3 Å². The predicted molar refractivity (Wildman–Crippen MR) is 121 cm³/mol. The predicted octanol–water partition coefficient (Wildman–Crippen LogP) is 4.95. The zero-order chi connectivity index (χ0) is 22.7. The largest absolute Gasteiger partial charge is 0.493 e. The van der Waals surface area contributed by atoms with Gasteiger partial charge < -0.3 is 19.7 Å². The first-order valence-corrected chi connectivity index (χ1v) is 10.9. The molecule has 0 saturated carbocycles. The van der Waals surface area contributed by atoms with E-state index >= 15 is 0 Å². The second kappa shape index (κ2) is 9.56. The molecule has 1 saturated heterocycles. The maximum Gasteiger partial charge on any atom is 0.222 e. The Morgan fingerprint density at radius 3 is 2.94 bits per heavy atom. The van der Waals surface area contributed by atoms with Gasteiger partial charge >= 0.3 is 0 Å². The summed E-state index contributed by atoms with van der Waals surface area (Å²) in [7, 11) is 1.56. The van der Waals surface area contributed by atoms with Crippen LogP contribution in [-0.2, 0) is 4.79 Å². The molecular weight excluding hydrogens is 435 g/mol. The average Bonchev–Trinajstić information content (AvgIpc) is 2.81. The van der Waals surface area contributed by atoms with Crippen LogP contribution in [0.1, 0.15) is 26.2 Å². The van der Waals surface area contributed by atoms with Gasteiger partial charge in [0.15, 0.2) is 17.3 Å². The first kappa shape index (κ1) is 22.1. The van der Waals surface area contributed by atoms with Crippen molar-refractivity contribution in [1.82, 2.24) is 14.9 Å². The number of rotatable bonds is 6. The number of carbonyl (C=O) groups excluding carboxylic acids is 1. The van der Waals surface area contributed by atoms with Gasteiger partial charge in [-0.15, -0.1) is 0 Å². The number of amides is 1. The van der Waals surface area contributed by atoms with Crippen LogP contribution in [0.2, 0.25) is 5.02 Å². The van der Waals surface area contributed by atoms with Crippen molar-refractivity contribution in [1.29, 1.82) is 0 Å². The topological polar surface area (TPSA) is 76.6 Å². The Morgan fingerprint density at radius 2 is 2.16 bits per heavy atom. The second-order valence-electron chi connectivity index (χ2n) is 7.54. The van der Waals surface area contributed by atoms with Crippen LogP contribution in [-0.4, -0.2) is 47.1 Å². The Balaban J connectivity index is 1.66. The highest BCUT2D eigenvalue weighted by molar-refractivity contribution is 6.31. The number of hydrogen-bond donors (Lipinski definition) is 1. The molecule has 32 heavy (non-hydrogen) atoms. The smallest absolute Gasteiger partial charge is 0.222 e. The molecule has 1 aromatic heterocycles. The second-order valence-corrected chi connectivity index (χ2v) is 7.95. The quantitative estimate of drug-likeness (QED) is 0.563. The molecule has 4 rings (SSSR count). The van der Waals surface area contributed by atoms with Crippen LogP contribution < -0.4 is 14.8 Å². The summed E-state index contributed by atoms with van der Waals surface area (Å²) in [6.45, 7) is 3.13. The first-order chi connectivity index (χ1) is 15.5. The first-order valence-electron chi connectivity index (χ1n) is 10.5. The molecule has 2 heterocycles. The number of nitrogens with one attached hydrogen (secondary N) is 1. The average molecular weight is 459 g/mol. The van der Waals surface area contributed by atoms with Crippen LogP contribution in [0.3, 0.4) is 0 Å². The minimum absolute atomic E-state index is 0.0162. The van der Waals surface area contributed by atoms with Crippen LogP contribution in [0.25, 0.3) is 10.9 Å². The molecule has 1 aliphatic rings. The zero-order valence-corrected chi connectivity index (χ0v) is 18.7. The number of ether oxygens (including phenoxy) is 2. The van der Waals surface area contributed by atoms with E-state index in [0.717, 1.165) is 19.4 Å². The van der Waals surface area contributed by atoms with Gasteiger partial charge in [-0.2, -0.15) is 0 Å². The fourth-order valence-electron chi connectivity index (χ4n) is 3.81. The number of fused-ring (bicyclic) bond motifs is 1. The Labute approximate surface area is 190 Å². The number of hydrogen-bond acceptors (Lipinski definition) is 6. The molecule has 0 radical (unpaired) electrons. The highest BCUT2D eigenvalue weighted by Gasteiger charge is 2.25. The van der Waals surface area contributed by atoms with Crippen molar-refractivity contribution in [3.63, 3.8) is 0 Å². The van der Waals surface area contributed by atoms with E-state index in [1.807, 2.05) is 11.8 Å². The number of methoxy groups -OCH3 is 1. The minimum atomic E-state index is -0.561. The van der Waals surface area contributed by atoms with Gasteiger partial charge in [-0.25, -0.2) is 14.4 Å². The Bertz CT molecular complexity index is 1140. The van der Waals surface area contributed by atoms with Crippen molar-refractivity contribution in [2.24, 2.45) is 0 Å². The number of halogens is 2. The summed E-state index contributed by atoms with van der Waals surface area (Å²) in [5.41, 5.74) is 0.817. The van der Waals surface area contributed by atoms with Crippen molar-refractivity contribution in [2.45, 2.75) is 32.3 Å². The van der Waals surface area contributed by atoms with Gasteiger partial charge in [0, 0.05) is 24.4 Å². The number of piperidine rings is 1. The van der Waals surface area contributed by atoms with Crippen LogP contribution >= 0.6 is 11.6 Å². The molecule has 1 amide bonds. The molecule has 7 nitrogen and oxygen atoms in total. The van der Waals surface area contributed by atoms with Crippen LogP contribution in [0, 0.1) is 5.82 Å². The highest BCUT2D eigenvalue weighted by Crippen LogP contribution is 2.36. The van der Waals surface area contributed by atoms with Gasteiger partial charge in [-0.1, -0.05) is 24.6 Å². The highest BCUT2D eigenvalue weighted by atomic mass is 35.5. The van der Waals surface area contributed by atoms with Gasteiger partial charge in [0.2, 0.25) is 5.91 Å². The standard InChI is InChI=1S/C23H24ClFN4O3/c1-3-21(30)29-9-5-6-14(12-29)32-20-10-15-18(11-19(20)31-2)26-13-27-23(15)28-17-8-4-7-16(24)22(17)25/h4,7-8,10-11,13-14H,3,5-6,9,12H2,1-2H3,(H,26,27,28)/t14-/m1/s1. The third kappa shape index (κ3) is 4.55. The number of nitrogens with zero attached hydrogens (tertiary/aromatic N) is 3. The fraction of sp³-hybridized carbons (Fsp3) is 0.348. The molecule has 1 aliphatic heterocycles. The van der Waals surface area contributed by atoms with Crippen molar-refractivity contribution in [3.8, 4) is 11.5 Å². The molecule has 2 aromatic carbocycles.